The zero-order valence-corrected chi connectivity index (χ0v) is 15.7. The predicted octanol–water partition coefficient (Wildman–Crippen LogP) is 1.43. The minimum absolute atomic E-state index is 0.0431. The molecule has 1 aromatic carbocycles. The highest BCUT2D eigenvalue weighted by Gasteiger charge is 2.18. The minimum Gasteiger partial charge on any atom is -0.382 e. The quantitative estimate of drug-likeness (QED) is 0.589. The fourth-order valence-corrected chi connectivity index (χ4v) is 3.32. The summed E-state index contributed by atoms with van der Waals surface area (Å²) in [5.41, 5.74) is 14.3. The summed E-state index contributed by atoms with van der Waals surface area (Å²) in [7, 11) is 0. The Hall–Kier alpha value is -2.97. The third-order valence-electron chi connectivity index (χ3n) is 4.80. The fourth-order valence-electron chi connectivity index (χ4n) is 3.32. The molecule has 0 radical (unpaired) electrons. The highest BCUT2D eigenvalue weighted by Crippen LogP contribution is 2.26. The summed E-state index contributed by atoms with van der Waals surface area (Å²) in [5, 5.41) is 4.24. The molecule has 5 N–H and O–H groups in total. The van der Waals surface area contributed by atoms with Gasteiger partial charge in [0.2, 0.25) is 5.95 Å². The fraction of sp³-hybridized carbons (Fsp3) is 0.350. The Morgan fingerprint density at radius 1 is 1.11 bits per heavy atom. The normalized spacial score (nSPS) is 15.5. The van der Waals surface area contributed by atoms with E-state index in [2.05, 4.69) is 32.3 Å². The Morgan fingerprint density at radius 2 is 1.89 bits per heavy atom. The van der Waals surface area contributed by atoms with E-state index in [1.54, 1.807) is 6.20 Å². The van der Waals surface area contributed by atoms with Gasteiger partial charge in [-0.25, -0.2) is 9.97 Å². The van der Waals surface area contributed by atoms with E-state index in [0.29, 0.717) is 37.0 Å². The number of pyridine rings is 1. The molecular formula is C20H25N7O. The van der Waals surface area contributed by atoms with Gasteiger partial charge in [-0.1, -0.05) is 30.3 Å². The summed E-state index contributed by atoms with van der Waals surface area (Å²) in [6.07, 6.45) is 2.46. The van der Waals surface area contributed by atoms with Crippen LogP contribution in [0.15, 0.2) is 42.6 Å². The van der Waals surface area contributed by atoms with Crippen molar-refractivity contribution in [2.24, 2.45) is 5.73 Å². The second-order valence-electron chi connectivity index (χ2n) is 6.89. The van der Waals surface area contributed by atoms with Gasteiger partial charge in [-0.3, -0.25) is 0 Å². The molecule has 1 aliphatic heterocycles. The maximum absolute atomic E-state index is 6.34. The van der Waals surface area contributed by atoms with E-state index in [-0.39, 0.29) is 6.04 Å². The smallest absolute Gasteiger partial charge is 0.228 e. The average Bonchev–Trinajstić information content (AvgIpc) is 2.74. The van der Waals surface area contributed by atoms with Gasteiger partial charge in [0.25, 0.3) is 0 Å². The van der Waals surface area contributed by atoms with Gasteiger partial charge in [0.05, 0.1) is 13.2 Å². The predicted molar refractivity (Wildman–Crippen MR) is 111 cm³/mol. The summed E-state index contributed by atoms with van der Waals surface area (Å²) in [6, 6.07) is 12.1. The first-order valence-electron chi connectivity index (χ1n) is 9.49. The number of nitrogen functional groups attached to an aromatic ring is 1. The van der Waals surface area contributed by atoms with Crippen LogP contribution in [-0.4, -0.2) is 53.8 Å². The lowest BCUT2D eigenvalue weighted by Crippen LogP contribution is -2.37. The third-order valence-corrected chi connectivity index (χ3v) is 4.80. The Morgan fingerprint density at radius 3 is 2.68 bits per heavy atom. The molecule has 1 atom stereocenters. The van der Waals surface area contributed by atoms with Crippen LogP contribution in [0.5, 0.6) is 0 Å². The molecule has 0 bridgehead atoms. The largest absolute Gasteiger partial charge is 0.382 e. The maximum atomic E-state index is 6.34. The van der Waals surface area contributed by atoms with Gasteiger partial charge < -0.3 is 26.4 Å². The number of nitrogens with one attached hydrogen (secondary N) is 1. The standard InChI is InChI=1S/C20H25N7O/c21-15(12-14-4-2-1-3-5-14)13-24-19-16-6-7-23-18(22)17(16)25-20(26-19)27-8-10-28-11-9-27/h1-7,15H,8-13,21H2,(H2,22,23)(H,24,25,26). The van der Waals surface area contributed by atoms with E-state index >= 15 is 0 Å². The van der Waals surface area contributed by atoms with Crippen molar-refractivity contribution in [1.82, 2.24) is 15.0 Å². The Labute approximate surface area is 163 Å². The third kappa shape index (κ3) is 4.13. The van der Waals surface area contributed by atoms with Crippen LogP contribution in [0.2, 0.25) is 0 Å². The van der Waals surface area contributed by atoms with Crippen LogP contribution in [0.4, 0.5) is 17.6 Å². The molecule has 1 unspecified atom stereocenters. The Balaban J connectivity index is 1.57. The molecule has 146 valence electrons. The second-order valence-corrected chi connectivity index (χ2v) is 6.89. The topological polar surface area (TPSA) is 115 Å². The van der Waals surface area contributed by atoms with E-state index in [4.69, 9.17) is 21.2 Å². The summed E-state index contributed by atoms with van der Waals surface area (Å²) >= 11 is 0. The number of aromatic nitrogens is 3. The van der Waals surface area contributed by atoms with Crippen LogP contribution in [0.1, 0.15) is 5.56 Å². The SMILES string of the molecule is Nc1nccc2c(NCC(N)Cc3ccccc3)nc(N3CCOCC3)nc12. The molecule has 0 amide bonds. The van der Waals surface area contributed by atoms with E-state index < -0.39 is 0 Å². The van der Waals surface area contributed by atoms with Crippen LogP contribution < -0.4 is 21.7 Å². The number of rotatable bonds is 6. The zero-order valence-electron chi connectivity index (χ0n) is 15.7. The number of nitrogens with zero attached hydrogens (tertiary/aromatic N) is 4. The van der Waals surface area contributed by atoms with E-state index in [1.807, 2.05) is 24.3 Å². The van der Waals surface area contributed by atoms with Crippen LogP contribution in [0, 0.1) is 0 Å². The monoisotopic (exact) mass is 379 g/mol. The van der Waals surface area contributed by atoms with Gasteiger partial charge in [0, 0.05) is 37.3 Å². The molecule has 28 heavy (non-hydrogen) atoms. The van der Waals surface area contributed by atoms with Crippen molar-refractivity contribution in [3.63, 3.8) is 0 Å². The van der Waals surface area contributed by atoms with Gasteiger partial charge >= 0.3 is 0 Å². The zero-order chi connectivity index (χ0) is 19.3. The first-order valence-corrected chi connectivity index (χ1v) is 9.49. The van der Waals surface area contributed by atoms with Crippen molar-refractivity contribution in [2.75, 3.05) is 48.8 Å². The highest BCUT2D eigenvalue weighted by molar-refractivity contribution is 5.95. The van der Waals surface area contributed by atoms with E-state index in [0.717, 1.165) is 30.7 Å². The average molecular weight is 379 g/mol. The number of anilines is 3. The molecule has 0 spiro atoms. The number of fused-ring (bicyclic) bond motifs is 1. The summed E-state index contributed by atoms with van der Waals surface area (Å²) < 4.78 is 5.43. The summed E-state index contributed by atoms with van der Waals surface area (Å²) in [4.78, 5) is 15.7. The number of hydrogen-bond acceptors (Lipinski definition) is 8. The molecule has 8 nitrogen and oxygen atoms in total. The van der Waals surface area contributed by atoms with E-state index in [9.17, 15) is 0 Å². The van der Waals surface area contributed by atoms with Gasteiger partial charge in [-0.15, -0.1) is 0 Å². The number of ether oxygens (including phenoxy) is 1. The maximum Gasteiger partial charge on any atom is 0.228 e. The first-order chi connectivity index (χ1) is 13.7. The van der Waals surface area contributed by atoms with Crippen molar-refractivity contribution < 1.29 is 4.74 Å². The molecule has 4 rings (SSSR count). The lowest BCUT2D eigenvalue weighted by Gasteiger charge is -2.27. The van der Waals surface area contributed by atoms with Crippen molar-refractivity contribution in [1.29, 1.82) is 0 Å². The molecule has 3 aromatic rings. The minimum atomic E-state index is -0.0431. The number of benzene rings is 1. The Bertz CT molecular complexity index is 928. The van der Waals surface area contributed by atoms with Crippen molar-refractivity contribution in [3.05, 3.63) is 48.2 Å². The number of nitrogens with two attached hydrogens (primary N) is 2. The highest BCUT2D eigenvalue weighted by atomic mass is 16.5. The molecule has 1 fully saturated rings. The van der Waals surface area contributed by atoms with Gasteiger partial charge in [0.1, 0.15) is 17.2 Å². The molecule has 0 saturated carbocycles. The van der Waals surface area contributed by atoms with Gasteiger partial charge in [-0.05, 0) is 18.1 Å². The first kappa shape index (κ1) is 18.4. The van der Waals surface area contributed by atoms with Crippen LogP contribution >= 0.6 is 0 Å². The lowest BCUT2D eigenvalue weighted by molar-refractivity contribution is 0.122. The molecule has 1 saturated heterocycles. The molecular weight excluding hydrogens is 354 g/mol. The van der Waals surface area contributed by atoms with Crippen LogP contribution in [0.3, 0.4) is 0 Å². The van der Waals surface area contributed by atoms with Crippen molar-refractivity contribution >= 4 is 28.5 Å². The van der Waals surface area contributed by atoms with Gasteiger partial charge in [-0.2, -0.15) is 4.98 Å². The molecule has 8 heteroatoms. The molecule has 1 aliphatic rings. The van der Waals surface area contributed by atoms with Crippen molar-refractivity contribution in [3.8, 4) is 0 Å². The van der Waals surface area contributed by atoms with Crippen molar-refractivity contribution in [2.45, 2.75) is 12.5 Å². The number of hydrogen-bond donors (Lipinski definition) is 3. The van der Waals surface area contributed by atoms with Gasteiger partial charge in [0.15, 0.2) is 0 Å². The summed E-state index contributed by atoms with van der Waals surface area (Å²) in [6.45, 7) is 3.41. The molecule has 3 heterocycles. The molecule has 2 aromatic heterocycles. The van der Waals surface area contributed by atoms with Crippen LogP contribution in [0.25, 0.3) is 10.9 Å². The molecule has 0 aliphatic carbocycles. The lowest BCUT2D eigenvalue weighted by atomic mass is 10.1. The van der Waals surface area contributed by atoms with E-state index in [1.165, 1.54) is 5.56 Å². The number of morpholine rings is 1. The Kier molecular flexibility index (Phi) is 5.50. The van der Waals surface area contributed by atoms with Crippen LogP contribution in [-0.2, 0) is 11.2 Å². The second kappa shape index (κ2) is 8.37. The summed E-state index contributed by atoms with van der Waals surface area (Å²) in [5.74, 6) is 1.75.